The highest BCUT2D eigenvalue weighted by Gasteiger charge is 2.09. The molecule has 4 heteroatoms. The highest BCUT2D eigenvalue weighted by molar-refractivity contribution is 5.85. The molecule has 1 rings (SSSR count). The molecule has 0 amide bonds. The first kappa shape index (κ1) is 13.4. The molecule has 0 aliphatic rings. The van der Waals surface area contributed by atoms with Crippen LogP contribution in [0.15, 0.2) is 18.2 Å². The van der Waals surface area contributed by atoms with E-state index < -0.39 is 0 Å². The maximum absolute atomic E-state index is 13.1. The van der Waals surface area contributed by atoms with Crippen LogP contribution in [0, 0.1) is 12.7 Å². The molecule has 14 heavy (non-hydrogen) atoms. The lowest BCUT2D eigenvalue weighted by atomic mass is 9.99. The minimum Gasteiger partial charge on any atom is -0.330 e. The summed E-state index contributed by atoms with van der Waals surface area (Å²) in [5.41, 5.74) is 12.7. The molecule has 0 saturated carbocycles. The molecule has 0 aliphatic carbocycles. The standard InChI is InChI=1S/C10H15FN2.ClH/c1-7-8(10(13)5-6-12)3-2-4-9(7)11;/h2-4,10H,5-6,12-13H2,1H3;1H/t10-;/m0./s1. The SMILES string of the molecule is Cc1c(F)cccc1[C@@H](N)CCN.Cl. The Morgan fingerprint density at radius 2 is 2.07 bits per heavy atom. The summed E-state index contributed by atoms with van der Waals surface area (Å²) in [5.74, 6) is -0.204. The van der Waals surface area contributed by atoms with Crippen LogP contribution >= 0.6 is 12.4 Å². The molecule has 0 fully saturated rings. The van der Waals surface area contributed by atoms with Gasteiger partial charge in [-0.15, -0.1) is 12.4 Å². The van der Waals surface area contributed by atoms with Gasteiger partial charge in [0, 0.05) is 6.04 Å². The van der Waals surface area contributed by atoms with E-state index in [9.17, 15) is 4.39 Å². The van der Waals surface area contributed by atoms with E-state index in [4.69, 9.17) is 11.5 Å². The van der Waals surface area contributed by atoms with Crippen LogP contribution in [-0.2, 0) is 0 Å². The molecule has 1 atom stereocenters. The first-order valence-electron chi connectivity index (χ1n) is 4.37. The molecule has 2 nitrogen and oxygen atoms in total. The monoisotopic (exact) mass is 218 g/mol. The largest absolute Gasteiger partial charge is 0.330 e. The molecule has 80 valence electrons. The fraction of sp³-hybridized carbons (Fsp3) is 0.400. The van der Waals surface area contributed by atoms with Crippen LogP contribution in [-0.4, -0.2) is 6.54 Å². The van der Waals surface area contributed by atoms with Gasteiger partial charge in [0.1, 0.15) is 5.82 Å². The van der Waals surface area contributed by atoms with Gasteiger partial charge in [-0.3, -0.25) is 0 Å². The Bertz CT molecular complexity index is 291. The van der Waals surface area contributed by atoms with E-state index in [0.717, 1.165) is 5.56 Å². The summed E-state index contributed by atoms with van der Waals surface area (Å²) in [6.45, 7) is 2.26. The molecule has 0 saturated heterocycles. The molecule has 0 aromatic heterocycles. The number of hydrogen-bond donors (Lipinski definition) is 2. The molecule has 0 aliphatic heterocycles. The van der Waals surface area contributed by atoms with Gasteiger partial charge in [-0.25, -0.2) is 4.39 Å². The van der Waals surface area contributed by atoms with Gasteiger partial charge in [0.05, 0.1) is 0 Å². The number of hydrogen-bond acceptors (Lipinski definition) is 2. The summed E-state index contributed by atoms with van der Waals surface area (Å²) in [7, 11) is 0. The van der Waals surface area contributed by atoms with Crippen molar-refractivity contribution in [3.05, 3.63) is 35.1 Å². The maximum Gasteiger partial charge on any atom is 0.126 e. The number of rotatable bonds is 3. The Hall–Kier alpha value is -0.640. The second-order valence-electron chi connectivity index (χ2n) is 3.14. The molecule has 0 spiro atoms. The van der Waals surface area contributed by atoms with Crippen LogP contribution in [0.25, 0.3) is 0 Å². The summed E-state index contributed by atoms with van der Waals surface area (Å²) in [5, 5.41) is 0. The molecule has 0 radical (unpaired) electrons. The number of benzene rings is 1. The van der Waals surface area contributed by atoms with Gasteiger partial charge < -0.3 is 11.5 Å². The molecule has 4 N–H and O–H groups in total. The first-order chi connectivity index (χ1) is 6.16. The second kappa shape index (κ2) is 5.96. The molecule has 0 unspecified atom stereocenters. The fourth-order valence-corrected chi connectivity index (χ4v) is 1.36. The van der Waals surface area contributed by atoms with Crippen LogP contribution in [0.3, 0.4) is 0 Å². The van der Waals surface area contributed by atoms with Crippen molar-refractivity contribution >= 4 is 12.4 Å². The summed E-state index contributed by atoms with van der Waals surface area (Å²) in [6, 6.07) is 4.81. The van der Waals surface area contributed by atoms with Crippen molar-refractivity contribution in [2.24, 2.45) is 11.5 Å². The number of nitrogens with two attached hydrogens (primary N) is 2. The molecule has 1 aromatic rings. The van der Waals surface area contributed by atoms with E-state index >= 15 is 0 Å². The van der Waals surface area contributed by atoms with Crippen molar-refractivity contribution in [2.45, 2.75) is 19.4 Å². The van der Waals surface area contributed by atoms with Crippen LogP contribution in [0.4, 0.5) is 4.39 Å². The smallest absolute Gasteiger partial charge is 0.126 e. The van der Waals surface area contributed by atoms with Gasteiger partial charge in [-0.05, 0) is 37.1 Å². The minimum absolute atomic E-state index is 0. The third kappa shape index (κ3) is 2.94. The van der Waals surface area contributed by atoms with E-state index in [-0.39, 0.29) is 24.3 Å². The summed E-state index contributed by atoms with van der Waals surface area (Å²) >= 11 is 0. The third-order valence-electron chi connectivity index (χ3n) is 2.19. The van der Waals surface area contributed by atoms with Crippen LogP contribution in [0.2, 0.25) is 0 Å². The lowest BCUT2D eigenvalue weighted by Crippen LogP contribution is -2.16. The van der Waals surface area contributed by atoms with Gasteiger partial charge >= 0.3 is 0 Å². The molecule has 0 heterocycles. The van der Waals surface area contributed by atoms with E-state index in [2.05, 4.69) is 0 Å². The quantitative estimate of drug-likeness (QED) is 0.814. The normalized spacial score (nSPS) is 12.0. The highest BCUT2D eigenvalue weighted by Crippen LogP contribution is 2.19. The first-order valence-corrected chi connectivity index (χ1v) is 4.37. The lowest BCUT2D eigenvalue weighted by molar-refractivity contribution is 0.600. The molecular weight excluding hydrogens is 203 g/mol. The van der Waals surface area contributed by atoms with Crippen molar-refractivity contribution in [3.63, 3.8) is 0 Å². The Morgan fingerprint density at radius 1 is 1.43 bits per heavy atom. The van der Waals surface area contributed by atoms with E-state index in [1.54, 1.807) is 13.0 Å². The lowest BCUT2D eigenvalue weighted by Gasteiger charge is -2.13. The van der Waals surface area contributed by atoms with Gasteiger partial charge in [-0.1, -0.05) is 12.1 Å². The van der Waals surface area contributed by atoms with Crippen LogP contribution in [0.1, 0.15) is 23.6 Å². The van der Waals surface area contributed by atoms with Crippen molar-refractivity contribution in [1.29, 1.82) is 0 Å². The molecule has 1 aromatic carbocycles. The molecule has 0 bridgehead atoms. The Kier molecular flexibility index (Phi) is 5.69. The van der Waals surface area contributed by atoms with Crippen LogP contribution in [0.5, 0.6) is 0 Å². The third-order valence-corrected chi connectivity index (χ3v) is 2.19. The average molecular weight is 219 g/mol. The zero-order valence-corrected chi connectivity index (χ0v) is 8.98. The zero-order chi connectivity index (χ0) is 9.84. The van der Waals surface area contributed by atoms with Crippen molar-refractivity contribution in [2.75, 3.05) is 6.54 Å². The molecular formula is C10H16ClFN2. The number of halogens is 2. The predicted molar refractivity (Wildman–Crippen MR) is 59.0 cm³/mol. The summed E-state index contributed by atoms with van der Waals surface area (Å²) in [6.07, 6.45) is 0.685. The topological polar surface area (TPSA) is 52.0 Å². The Morgan fingerprint density at radius 3 is 2.64 bits per heavy atom. The van der Waals surface area contributed by atoms with Crippen molar-refractivity contribution in [3.8, 4) is 0 Å². The van der Waals surface area contributed by atoms with Crippen molar-refractivity contribution in [1.82, 2.24) is 0 Å². The van der Waals surface area contributed by atoms with E-state index in [1.165, 1.54) is 6.07 Å². The van der Waals surface area contributed by atoms with Crippen LogP contribution < -0.4 is 11.5 Å². The van der Waals surface area contributed by atoms with Gasteiger partial charge in [0.2, 0.25) is 0 Å². The maximum atomic E-state index is 13.1. The minimum atomic E-state index is -0.204. The highest BCUT2D eigenvalue weighted by atomic mass is 35.5. The second-order valence-corrected chi connectivity index (χ2v) is 3.14. The predicted octanol–water partition coefficient (Wildman–Crippen LogP) is 1.90. The van der Waals surface area contributed by atoms with E-state index in [0.29, 0.717) is 18.5 Å². The Balaban J connectivity index is 0.00000169. The van der Waals surface area contributed by atoms with E-state index in [1.807, 2.05) is 6.07 Å². The fourth-order valence-electron chi connectivity index (χ4n) is 1.36. The van der Waals surface area contributed by atoms with Gasteiger partial charge in [0.25, 0.3) is 0 Å². The zero-order valence-electron chi connectivity index (χ0n) is 8.16. The van der Waals surface area contributed by atoms with Gasteiger partial charge in [0.15, 0.2) is 0 Å². The Labute approximate surface area is 89.9 Å². The average Bonchev–Trinajstić information content (AvgIpc) is 2.10. The van der Waals surface area contributed by atoms with Crippen molar-refractivity contribution < 1.29 is 4.39 Å². The van der Waals surface area contributed by atoms with Gasteiger partial charge in [-0.2, -0.15) is 0 Å². The summed E-state index contributed by atoms with van der Waals surface area (Å²) in [4.78, 5) is 0. The summed E-state index contributed by atoms with van der Waals surface area (Å²) < 4.78 is 13.1.